The summed E-state index contributed by atoms with van der Waals surface area (Å²) in [6, 6.07) is 16.0. The second-order valence-electron chi connectivity index (χ2n) is 10.0. The van der Waals surface area contributed by atoms with Crippen molar-refractivity contribution in [2.75, 3.05) is 54.5 Å². The molecule has 194 valence electrons. The van der Waals surface area contributed by atoms with Crippen LogP contribution in [-0.2, 0) is 4.79 Å². The summed E-state index contributed by atoms with van der Waals surface area (Å²) in [4.78, 5) is 17.3. The zero-order chi connectivity index (χ0) is 25.8. The smallest absolute Gasteiger partial charge is 0.185 e. The molecule has 1 aliphatic carbocycles. The number of carbonyl (C=O) groups excluding carboxylic acids is 1. The first-order valence-corrected chi connectivity index (χ1v) is 13.1. The molecule has 1 saturated carbocycles. The van der Waals surface area contributed by atoms with Gasteiger partial charge >= 0.3 is 0 Å². The van der Waals surface area contributed by atoms with Crippen LogP contribution in [0.25, 0.3) is 12.2 Å². The van der Waals surface area contributed by atoms with Crippen LogP contribution in [0.4, 0.5) is 0 Å². The number of Topliss-reactive ketones (excluding diaryl/α,β-unsaturated/α-hetero) is 1. The van der Waals surface area contributed by atoms with Crippen LogP contribution in [0, 0.1) is 0 Å². The lowest BCUT2D eigenvalue weighted by Gasteiger charge is -2.10. The van der Waals surface area contributed by atoms with E-state index in [-0.39, 0.29) is 5.78 Å². The number of hydrogen-bond acceptors (Lipinski definition) is 5. The number of hydrogen-bond donors (Lipinski definition) is 0. The molecule has 0 spiro atoms. The number of benzene rings is 2. The minimum absolute atomic E-state index is 0.150. The number of allylic oxidation sites excluding steroid dienone is 2. The highest BCUT2D eigenvalue weighted by molar-refractivity contribution is 6.15. The Kier molecular flexibility index (Phi) is 11.2. The number of carbonyl (C=O) groups is 1. The maximum absolute atomic E-state index is 13.0. The molecule has 0 radical (unpaired) electrons. The van der Waals surface area contributed by atoms with E-state index in [9.17, 15) is 4.79 Å². The molecule has 0 aromatic heterocycles. The average Bonchev–Trinajstić information content (AvgIpc) is 3.19. The minimum atomic E-state index is 0.150. The average molecular weight is 491 g/mol. The molecule has 1 aliphatic rings. The van der Waals surface area contributed by atoms with E-state index in [0.29, 0.717) is 0 Å². The van der Waals surface area contributed by atoms with Crippen LogP contribution in [0.15, 0.2) is 59.7 Å². The molecular formula is C31H42N2O3. The third kappa shape index (κ3) is 9.63. The van der Waals surface area contributed by atoms with E-state index in [1.165, 1.54) is 0 Å². The van der Waals surface area contributed by atoms with Crippen LogP contribution in [0.1, 0.15) is 49.7 Å². The molecule has 36 heavy (non-hydrogen) atoms. The van der Waals surface area contributed by atoms with E-state index < -0.39 is 0 Å². The van der Waals surface area contributed by atoms with Gasteiger partial charge in [-0.15, -0.1) is 0 Å². The Balaban J connectivity index is 1.47. The summed E-state index contributed by atoms with van der Waals surface area (Å²) >= 11 is 0. The standard InChI is InChI=1S/C31H42N2O3/c1-32(2)19-5-7-21-35-29-15-9-25(10-16-29)23-27-13-14-28(31(27)34)24-26-11-17-30(18-12-26)36-22-8-6-20-33(3)4/h9-12,15-18,23-24H,5-8,13-14,19-22H2,1-4H3/b27-23+,28-24+. The van der Waals surface area contributed by atoms with Gasteiger partial charge in [-0.3, -0.25) is 4.79 Å². The van der Waals surface area contributed by atoms with Gasteiger partial charge in [0.05, 0.1) is 13.2 Å². The molecule has 0 bridgehead atoms. The maximum atomic E-state index is 13.0. The molecule has 5 heteroatoms. The molecule has 0 aliphatic heterocycles. The number of rotatable bonds is 14. The van der Waals surface area contributed by atoms with E-state index in [1.54, 1.807) is 0 Å². The van der Waals surface area contributed by atoms with Crippen molar-refractivity contribution in [2.45, 2.75) is 38.5 Å². The molecule has 0 unspecified atom stereocenters. The van der Waals surface area contributed by atoms with Gasteiger partial charge in [0, 0.05) is 11.1 Å². The van der Waals surface area contributed by atoms with E-state index in [4.69, 9.17) is 9.47 Å². The Bertz CT molecular complexity index is 924. The van der Waals surface area contributed by atoms with Gasteiger partial charge < -0.3 is 19.3 Å². The summed E-state index contributed by atoms with van der Waals surface area (Å²) < 4.78 is 11.7. The third-order valence-electron chi connectivity index (χ3n) is 6.23. The van der Waals surface area contributed by atoms with Crippen molar-refractivity contribution < 1.29 is 14.3 Å². The lowest BCUT2D eigenvalue weighted by atomic mass is 10.1. The molecule has 5 nitrogen and oxygen atoms in total. The fraction of sp³-hybridized carbons (Fsp3) is 0.452. The van der Waals surface area contributed by atoms with E-state index in [1.807, 2.05) is 60.7 Å². The van der Waals surface area contributed by atoms with E-state index in [0.717, 1.165) is 98.6 Å². The molecule has 0 saturated heterocycles. The number of unbranched alkanes of at least 4 members (excludes halogenated alkanes) is 2. The summed E-state index contributed by atoms with van der Waals surface area (Å²) in [5.41, 5.74) is 3.81. The van der Waals surface area contributed by atoms with E-state index >= 15 is 0 Å². The van der Waals surface area contributed by atoms with Gasteiger partial charge in [-0.25, -0.2) is 0 Å². The van der Waals surface area contributed by atoms with Crippen LogP contribution >= 0.6 is 0 Å². The van der Waals surface area contributed by atoms with Gasteiger partial charge in [-0.1, -0.05) is 24.3 Å². The summed E-state index contributed by atoms with van der Waals surface area (Å²) in [7, 11) is 8.35. The molecule has 0 N–H and O–H groups in total. The summed E-state index contributed by atoms with van der Waals surface area (Å²) in [6.45, 7) is 3.62. The van der Waals surface area contributed by atoms with Gasteiger partial charge in [0.25, 0.3) is 0 Å². The zero-order valence-electron chi connectivity index (χ0n) is 22.5. The third-order valence-corrected chi connectivity index (χ3v) is 6.23. The van der Waals surface area contributed by atoms with Crippen LogP contribution in [0.5, 0.6) is 11.5 Å². The van der Waals surface area contributed by atoms with Crippen molar-refractivity contribution in [3.05, 3.63) is 70.8 Å². The van der Waals surface area contributed by atoms with Gasteiger partial charge in [-0.2, -0.15) is 0 Å². The lowest BCUT2D eigenvalue weighted by Crippen LogP contribution is -2.13. The van der Waals surface area contributed by atoms with Crippen LogP contribution in [-0.4, -0.2) is 70.1 Å². The SMILES string of the molecule is CN(C)CCCCOc1ccc(/C=C2\CC/C(=C\c3ccc(OCCCCN(C)C)cc3)C2=O)cc1. The molecule has 3 rings (SSSR count). The predicted molar refractivity (Wildman–Crippen MR) is 150 cm³/mol. The first-order chi connectivity index (χ1) is 17.4. The maximum Gasteiger partial charge on any atom is 0.185 e. The monoisotopic (exact) mass is 490 g/mol. The molecule has 1 fully saturated rings. The highest BCUT2D eigenvalue weighted by atomic mass is 16.5. The topological polar surface area (TPSA) is 42.0 Å². The normalized spacial score (nSPS) is 16.0. The summed E-state index contributed by atoms with van der Waals surface area (Å²) in [6.07, 6.45) is 9.93. The summed E-state index contributed by atoms with van der Waals surface area (Å²) in [5, 5.41) is 0. The van der Waals surface area contributed by atoms with Gasteiger partial charge in [0.15, 0.2) is 5.78 Å². The quantitative estimate of drug-likeness (QED) is 0.242. The second kappa shape index (κ2) is 14.6. The first-order valence-electron chi connectivity index (χ1n) is 13.1. The van der Waals surface area contributed by atoms with Gasteiger partial charge in [0.1, 0.15) is 11.5 Å². The van der Waals surface area contributed by atoms with Crippen LogP contribution in [0.2, 0.25) is 0 Å². The van der Waals surface area contributed by atoms with Crippen molar-refractivity contribution in [1.82, 2.24) is 9.80 Å². The molecule has 0 amide bonds. The van der Waals surface area contributed by atoms with Crippen molar-refractivity contribution in [3.8, 4) is 11.5 Å². The predicted octanol–water partition coefficient (Wildman–Crippen LogP) is 5.96. The molecule has 0 heterocycles. The second-order valence-corrected chi connectivity index (χ2v) is 10.0. The summed E-state index contributed by atoms with van der Waals surface area (Å²) in [5.74, 6) is 1.90. The fourth-order valence-corrected chi connectivity index (χ4v) is 4.14. The Morgan fingerprint density at radius 2 is 1.03 bits per heavy atom. The molecular weight excluding hydrogens is 448 g/mol. The molecule has 2 aromatic rings. The Hall–Kier alpha value is -2.89. The first kappa shape index (κ1) is 27.7. The van der Waals surface area contributed by atoms with Crippen LogP contribution in [0.3, 0.4) is 0 Å². The van der Waals surface area contributed by atoms with Crippen molar-refractivity contribution in [2.24, 2.45) is 0 Å². The lowest BCUT2D eigenvalue weighted by molar-refractivity contribution is -0.111. The number of ketones is 1. The fourth-order valence-electron chi connectivity index (χ4n) is 4.14. The highest BCUT2D eigenvalue weighted by Gasteiger charge is 2.22. The Morgan fingerprint density at radius 1 is 0.639 bits per heavy atom. The zero-order valence-corrected chi connectivity index (χ0v) is 22.5. The van der Waals surface area contributed by atoms with Crippen LogP contribution < -0.4 is 9.47 Å². The largest absolute Gasteiger partial charge is 0.494 e. The highest BCUT2D eigenvalue weighted by Crippen LogP contribution is 2.30. The molecule has 0 atom stereocenters. The van der Waals surface area contributed by atoms with E-state index in [2.05, 4.69) is 38.0 Å². The Morgan fingerprint density at radius 3 is 1.39 bits per heavy atom. The Labute approximate surface area is 217 Å². The van der Waals surface area contributed by atoms with Gasteiger partial charge in [0.2, 0.25) is 0 Å². The van der Waals surface area contributed by atoms with Gasteiger partial charge in [-0.05, 0) is 127 Å². The number of nitrogens with zero attached hydrogens (tertiary/aromatic N) is 2. The molecule has 2 aromatic carbocycles. The van der Waals surface area contributed by atoms with Crippen molar-refractivity contribution >= 4 is 17.9 Å². The van der Waals surface area contributed by atoms with Crippen molar-refractivity contribution in [1.29, 1.82) is 0 Å². The minimum Gasteiger partial charge on any atom is -0.494 e. The van der Waals surface area contributed by atoms with Crippen molar-refractivity contribution in [3.63, 3.8) is 0 Å². The number of ether oxygens (including phenoxy) is 2.